The standard InChI is InChI=1S/C19H26N4O2S/c1-3-14-5-7-15(8-6-14)17-20-19(26)23(21-17)13-22-11-9-16(10-12-22)18(24)25-4-2/h5-8,16H,3-4,9-13H2,1-2H3,(H,20,21,26). The summed E-state index contributed by atoms with van der Waals surface area (Å²) in [6.45, 7) is 6.80. The fourth-order valence-electron chi connectivity index (χ4n) is 3.25. The van der Waals surface area contributed by atoms with Crippen molar-refractivity contribution < 1.29 is 9.53 Å². The first-order chi connectivity index (χ1) is 12.6. The summed E-state index contributed by atoms with van der Waals surface area (Å²) in [7, 11) is 0. The number of esters is 1. The maximum atomic E-state index is 11.8. The normalized spacial score (nSPS) is 15.9. The van der Waals surface area contributed by atoms with Crippen LogP contribution in [0.2, 0.25) is 0 Å². The van der Waals surface area contributed by atoms with E-state index in [4.69, 9.17) is 17.0 Å². The van der Waals surface area contributed by atoms with Gasteiger partial charge in [0, 0.05) is 18.7 Å². The van der Waals surface area contributed by atoms with Crippen molar-refractivity contribution in [3.8, 4) is 11.4 Å². The van der Waals surface area contributed by atoms with Crippen LogP contribution in [0.5, 0.6) is 0 Å². The number of aromatic amines is 1. The molecule has 0 bridgehead atoms. The van der Waals surface area contributed by atoms with Gasteiger partial charge in [-0.1, -0.05) is 31.2 Å². The van der Waals surface area contributed by atoms with E-state index in [1.807, 2.05) is 11.6 Å². The van der Waals surface area contributed by atoms with Crippen LogP contribution in [0.3, 0.4) is 0 Å². The molecule has 7 heteroatoms. The van der Waals surface area contributed by atoms with E-state index in [2.05, 4.69) is 46.2 Å². The van der Waals surface area contributed by atoms with Crippen LogP contribution in [0, 0.1) is 10.7 Å². The van der Waals surface area contributed by atoms with Crippen LogP contribution in [0.1, 0.15) is 32.3 Å². The number of likely N-dealkylation sites (tertiary alicyclic amines) is 1. The quantitative estimate of drug-likeness (QED) is 0.620. The number of aromatic nitrogens is 3. The molecule has 0 amide bonds. The minimum atomic E-state index is -0.0666. The molecule has 0 saturated carbocycles. The third-order valence-corrected chi connectivity index (χ3v) is 5.18. The number of nitrogens with zero attached hydrogens (tertiary/aromatic N) is 3. The molecule has 3 rings (SSSR count). The van der Waals surface area contributed by atoms with Gasteiger partial charge in [-0.15, -0.1) is 0 Å². The number of carbonyl (C=O) groups excluding carboxylic acids is 1. The molecular weight excluding hydrogens is 348 g/mol. The molecule has 6 nitrogen and oxygen atoms in total. The highest BCUT2D eigenvalue weighted by Crippen LogP contribution is 2.20. The third kappa shape index (κ3) is 4.40. The Kier molecular flexibility index (Phi) is 6.21. The van der Waals surface area contributed by atoms with E-state index in [1.54, 1.807) is 0 Å². The second-order valence-corrected chi connectivity index (χ2v) is 6.98. The number of nitrogens with one attached hydrogen (secondary N) is 1. The van der Waals surface area contributed by atoms with Gasteiger partial charge in [0.1, 0.15) is 0 Å². The highest BCUT2D eigenvalue weighted by molar-refractivity contribution is 7.71. The van der Waals surface area contributed by atoms with Gasteiger partial charge in [0.2, 0.25) is 4.77 Å². The highest BCUT2D eigenvalue weighted by atomic mass is 32.1. The zero-order valence-electron chi connectivity index (χ0n) is 15.4. The van der Waals surface area contributed by atoms with Gasteiger partial charge in [0.25, 0.3) is 0 Å². The van der Waals surface area contributed by atoms with Crippen LogP contribution >= 0.6 is 12.2 Å². The van der Waals surface area contributed by atoms with E-state index < -0.39 is 0 Å². The van der Waals surface area contributed by atoms with Crippen molar-refractivity contribution in [1.82, 2.24) is 19.7 Å². The van der Waals surface area contributed by atoms with Crippen molar-refractivity contribution in [2.45, 2.75) is 39.8 Å². The second kappa shape index (κ2) is 8.60. The van der Waals surface area contributed by atoms with Crippen LogP contribution in [-0.2, 0) is 22.6 Å². The van der Waals surface area contributed by atoms with Gasteiger partial charge in [0.15, 0.2) is 5.82 Å². The monoisotopic (exact) mass is 374 g/mol. The van der Waals surface area contributed by atoms with Gasteiger partial charge < -0.3 is 4.74 Å². The fourth-order valence-corrected chi connectivity index (χ4v) is 3.44. The third-order valence-electron chi connectivity index (χ3n) is 4.86. The van der Waals surface area contributed by atoms with Gasteiger partial charge in [-0.2, -0.15) is 4.98 Å². The van der Waals surface area contributed by atoms with Crippen LogP contribution < -0.4 is 0 Å². The molecule has 0 radical (unpaired) electrons. The molecule has 26 heavy (non-hydrogen) atoms. The lowest BCUT2D eigenvalue weighted by Gasteiger charge is -2.30. The van der Waals surface area contributed by atoms with Crippen molar-refractivity contribution in [2.24, 2.45) is 5.92 Å². The molecule has 2 aromatic rings. The van der Waals surface area contributed by atoms with Crippen LogP contribution in [0.15, 0.2) is 24.3 Å². The van der Waals surface area contributed by atoms with E-state index >= 15 is 0 Å². The average molecular weight is 375 g/mol. The van der Waals surface area contributed by atoms with E-state index in [9.17, 15) is 4.79 Å². The van der Waals surface area contributed by atoms with E-state index in [-0.39, 0.29) is 11.9 Å². The smallest absolute Gasteiger partial charge is 0.309 e. The van der Waals surface area contributed by atoms with Gasteiger partial charge in [-0.25, -0.2) is 4.68 Å². The molecule has 2 heterocycles. The molecule has 1 aliphatic heterocycles. The summed E-state index contributed by atoms with van der Waals surface area (Å²) in [5.41, 5.74) is 2.34. The van der Waals surface area contributed by atoms with E-state index in [1.165, 1.54) is 5.56 Å². The number of benzene rings is 1. The number of piperidine rings is 1. The summed E-state index contributed by atoms with van der Waals surface area (Å²) in [5, 5.41) is 3.30. The van der Waals surface area contributed by atoms with Crippen molar-refractivity contribution in [1.29, 1.82) is 0 Å². The molecule has 1 saturated heterocycles. The summed E-state index contributed by atoms with van der Waals surface area (Å²) >= 11 is 5.41. The van der Waals surface area contributed by atoms with E-state index in [0.29, 0.717) is 18.0 Å². The fraction of sp³-hybridized carbons (Fsp3) is 0.526. The predicted octanol–water partition coefficient (Wildman–Crippen LogP) is 3.40. The molecule has 0 unspecified atom stereocenters. The number of ether oxygens (including phenoxy) is 1. The molecule has 1 aromatic carbocycles. The number of carbonyl (C=O) groups is 1. The second-order valence-electron chi connectivity index (χ2n) is 6.62. The van der Waals surface area contributed by atoms with Crippen LogP contribution in [0.25, 0.3) is 11.4 Å². The Morgan fingerprint density at radius 3 is 2.58 bits per heavy atom. The van der Waals surface area contributed by atoms with E-state index in [0.717, 1.165) is 43.7 Å². The minimum absolute atomic E-state index is 0.0218. The lowest BCUT2D eigenvalue weighted by molar-refractivity contribution is -0.149. The summed E-state index contributed by atoms with van der Waals surface area (Å²) in [4.78, 5) is 18.6. The minimum Gasteiger partial charge on any atom is -0.466 e. The Balaban J connectivity index is 1.62. The molecule has 1 fully saturated rings. The summed E-state index contributed by atoms with van der Waals surface area (Å²) < 4.78 is 7.57. The lowest BCUT2D eigenvalue weighted by Crippen LogP contribution is -2.38. The van der Waals surface area contributed by atoms with Gasteiger partial charge in [-0.05, 0) is 44.0 Å². The Bertz CT molecular complexity index is 789. The zero-order chi connectivity index (χ0) is 18.5. The molecular formula is C19H26N4O2S. The number of aryl methyl sites for hydroxylation is 1. The first kappa shape index (κ1) is 18.8. The zero-order valence-corrected chi connectivity index (χ0v) is 16.2. The summed E-state index contributed by atoms with van der Waals surface area (Å²) in [6.07, 6.45) is 2.67. The highest BCUT2D eigenvalue weighted by Gasteiger charge is 2.26. The van der Waals surface area contributed by atoms with Crippen LogP contribution in [0.4, 0.5) is 0 Å². The van der Waals surface area contributed by atoms with Crippen molar-refractivity contribution >= 4 is 18.2 Å². The molecule has 1 N–H and O–H groups in total. The maximum Gasteiger partial charge on any atom is 0.309 e. The largest absolute Gasteiger partial charge is 0.466 e. The SMILES string of the molecule is CCOC(=O)C1CCN(Cn2[nH]c(-c3ccc(CC)cc3)nc2=S)CC1. The number of hydrogen-bond donors (Lipinski definition) is 1. The molecule has 0 spiro atoms. The number of hydrogen-bond acceptors (Lipinski definition) is 5. The van der Waals surface area contributed by atoms with Crippen molar-refractivity contribution in [3.63, 3.8) is 0 Å². The molecule has 140 valence electrons. The van der Waals surface area contributed by atoms with Gasteiger partial charge in [-0.3, -0.25) is 14.8 Å². The predicted molar refractivity (Wildman–Crippen MR) is 103 cm³/mol. The topological polar surface area (TPSA) is 63.1 Å². The summed E-state index contributed by atoms with van der Waals surface area (Å²) in [5.74, 6) is 0.746. The first-order valence-corrected chi connectivity index (χ1v) is 9.66. The van der Waals surface area contributed by atoms with Crippen LogP contribution in [-0.4, -0.2) is 45.3 Å². The Labute approximate surface area is 159 Å². The molecule has 1 aromatic heterocycles. The molecule has 0 atom stereocenters. The molecule has 1 aliphatic rings. The molecule has 0 aliphatic carbocycles. The van der Waals surface area contributed by atoms with Gasteiger partial charge in [0.05, 0.1) is 19.2 Å². The Hall–Kier alpha value is -1.99. The summed E-state index contributed by atoms with van der Waals surface area (Å²) in [6, 6.07) is 8.38. The number of H-pyrrole nitrogens is 1. The maximum absolute atomic E-state index is 11.8. The van der Waals surface area contributed by atoms with Crippen molar-refractivity contribution in [3.05, 3.63) is 34.6 Å². The first-order valence-electron chi connectivity index (χ1n) is 9.25. The Morgan fingerprint density at radius 2 is 1.96 bits per heavy atom. The van der Waals surface area contributed by atoms with Crippen molar-refractivity contribution in [2.75, 3.05) is 19.7 Å². The lowest BCUT2D eigenvalue weighted by atomic mass is 9.97. The Morgan fingerprint density at radius 1 is 1.27 bits per heavy atom. The van der Waals surface area contributed by atoms with Gasteiger partial charge >= 0.3 is 5.97 Å². The number of rotatable bonds is 6. The average Bonchev–Trinajstić information content (AvgIpc) is 3.03.